The van der Waals surface area contributed by atoms with Crippen molar-refractivity contribution in [3.05, 3.63) is 111 Å². The summed E-state index contributed by atoms with van der Waals surface area (Å²) in [4.78, 5) is 26.9. The van der Waals surface area contributed by atoms with Gasteiger partial charge in [-0.3, -0.25) is 9.59 Å². The second kappa shape index (κ2) is 8.79. The monoisotopic (exact) mass is 458 g/mol. The molecule has 0 unspecified atom stereocenters. The van der Waals surface area contributed by atoms with Crippen LogP contribution in [-0.2, 0) is 9.59 Å². The van der Waals surface area contributed by atoms with E-state index in [4.69, 9.17) is 0 Å². The molecule has 2 atom stereocenters. The SMILES string of the molecule is CC1=C(C(=O)Nc2ccccc2F)[C@H](c2ccsc2)C2=C(C[C@H](c3ccccc3)CC2=O)N1. The van der Waals surface area contributed by atoms with Crippen molar-refractivity contribution in [3.63, 3.8) is 0 Å². The summed E-state index contributed by atoms with van der Waals surface area (Å²) in [6.07, 6.45) is 1.09. The molecule has 1 aliphatic heterocycles. The minimum absolute atomic E-state index is 0.0393. The predicted molar refractivity (Wildman–Crippen MR) is 128 cm³/mol. The van der Waals surface area contributed by atoms with E-state index in [0.717, 1.165) is 16.8 Å². The molecule has 166 valence electrons. The van der Waals surface area contributed by atoms with Crippen molar-refractivity contribution in [1.82, 2.24) is 5.32 Å². The van der Waals surface area contributed by atoms with E-state index in [1.807, 2.05) is 41.9 Å². The van der Waals surface area contributed by atoms with Crippen LogP contribution in [0.15, 0.2) is 94.0 Å². The number of hydrogen-bond donors (Lipinski definition) is 2. The minimum Gasteiger partial charge on any atom is -0.362 e. The molecule has 0 bridgehead atoms. The number of amides is 1. The first-order valence-corrected chi connectivity index (χ1v) is 11.8. The number of hydrogen-bond acceptors (Lipinski definition) is 4. The van der Waals surface area contributed by atoms with Gasteiger partial charge in [-0.1, -0.05) is 42.5 Å². The van der Waals surface area contributed by atoms with Gasteiger partial charge in [-0.15, -0.1) is 0 Å². The summed E-state index contributed by atoms with van der Waals surface area (Å²) in [5.41, 5.74) is 4.80. The highest BCUT2D eigenvalue weighted by Crippen LogP contribution is 2.46. The molecular weight excluding hydrogens is 435 g/mol. The number of anilines is 1. The maximum Gasteiger partial charge on any atom is 0.254 e. The fourth-order valence-electron chi connectivity index (χ4n) is 4.83. The third-order valence-electron chi connectivity index (χ3n) is 6.34. The van der Waals surface area contributed by atoms with Crippen LogP contribution in [0, 0.1) is 5.82 Å². The van der Waals surface area contributed by atoms with Crippen LogP contribution in [0.5, 0.6) is 0 Å². The van der Waals surface area contributed by atoms with Crippen molar-refractivity contribution >= 4 is 28.7 Å². The molecule has 0 spiro atoms. The Morgan fingerprint density at radius 2 is 1.79 bits per heavy atom. The zero-order valence-corrected chi connectivity index (χ0v) is 18.9. The normalized spacial score (nSPS) is 20.4. The van der Waals surface area contributed by atoms with Gasteiger partial charge in [0.25, 0.3) is 5.91 Å². The van der Waals surface area contributed by atoms with Gasteiger partial charge in [-0.2, -0.15) is 11.3 Å². The number of halogens is 1. The molecule has 0 saturated carbocycles. The van der Waals surface area contributed by atoms with Gasteiger partial charge in [0.15, 0.2) is 5.78 Å². The highest BCUT2D eigenvalue weighted by Gasteiger charge is 2.41. The first-order valence-electron chi connectivity index (χ1n) is 10.9. The Kier molecular flexibility index (Phi) is 5.68. The molecule has 0 radical (unpaired) electrons. The van der Waals surface area contributed by atoms with E-state index in [1.165, 1.54) is 23.5 Å². The molecule has 1 aromatic heterocycles. The maximum absolute atomic E-state index is 14.2. The second-order valence-corrected chi connectivity index (χ2v) is 9.20. The maximum atomic E-state index is 14.2. The molecule has 33 heavy (non-hydrogen) atoms. The molecule has 1 amide bonds. The highest BCUT2D eigenvalue weighted by atomic mass is 32.1. The van der Waals surface area contributed by atoms with E-state index in [1.54, 1.807) is 12.1 Å². The summed E-state index contributed by atoms with van der Waals surface area (Å²) >= 11 is 1.52. The third kappa shape index (κ3) is 4.02. The number of thiophene rings is 1. The van der Waals surface area contributed by atoms with Gasteiger partial charge < -0.3 is 10.6 Å². The number of rotatable bonds is 4. The Morgan fingerprint density at radius 3 is 2.52 bits per heavy atom. The third-order valence-corrected chi connectivity index (χ3v) is 7.04. The van der Waals surface area contributed by atoms with E-state index in [-0.39, 0.29) is 17.4 Å². The second-order valence-electron chi connectivity index (χ2n) is 8.42. The van der Waals surface area contributed by atoms with Crippen LogP contribution in [0.1, 0.15) is 42.7 Å². The summed E-state index contributed by atoms with van der Waals surface area (Å²) in [5, 5.41) is 9.98. The Bertz CT molecular complexity index is 1280. The number of dihydropyridines is 1. The number of carbonyl (C=O) groups excluding carboxylic acids is 2. The lowest BCUT2D eigenvalue weighted by atomic mass is 9.72. The predicted octanol–water partition coefficient (Wildman–Crippen LogP) is 5.89. The van der Waals surface area contributed by atoms with Crippen LogP contribution in [0.4, 0.5) is 10.1 Å². The van der Waals surface area contributed by atoms with Gasteiger partial charge in [0.1, 0.15) is 5.82 Å². The van der Waals surface area contributed by atoms with Crippen molar-refractivity contribution in [1.29, 1.82) is 0 Å². The van der Waals surface area contributed by atoms with Crippen molar-refractivity contribution in [2.45, 2.75) is 31.6 Å². The Balaban J connectivity index is 1.54. The molecule has 2 aromatic carbocycles. The molecule has 1 aliphatic carbocycles. The Labute approximate surface area is 195 Å². The van der Waals surface area contributed by atoms with Crippen LogP contribution in [0.25, 0.3) is 0 Å². The first kappa shape index (κ1) is 21.3. The number of para-hydroxylation sites is 1. The van der Waals surface area contributed by atoms with Crippen LogP contribution in [0.3, 0.4) is 0 Å². The largest absolute Gasteiger partial charge is 0.362 e. The fourth-order valence-corrected chi connectivity index (χ4v) is 5.51. The van der Waals surface area contributed by atoms with Crippen molar-refractivity contribution in [2.24, 2.45) is 0 Å². The minimum atomic E-state index is -0.501. The number of allylic oxidation sites excluding steroid dienone is 3. The van der Waals surface area contributed by atoms with E-state index < -0.39 is 17.6 Å². The van der Waals surface area contributed by atoms with Crippen LogP contribution in [-0.4, -0.2) is 11.7 Å². The Hall–Kier alpha value is -3.51. The molecule has 4 nitrogen and oxygen atoms in total. The molecule has 2 heterocycles. The number of nitrogens with one attached hydrogen (secondary N) is 2. The summed E-state index contributed by atoms with van der Waals surface area (Å²) in [7, 11) is 0. The highest BCUT2D eigenvalue weighted by molar-refractivity contribution is 7.08. The van der Waals surface area contributed by atoms with E-state index >= 15 is 0 Å². The van der Waals surface area contributed by atoms with Gasteiger partial charge in [0.05, 0.1) is 5.69 Å². The van der Waals surface area contributed by atoms with E-state index in [9.17, 15) is 14.0 Å². The topological polar surface area (TPSA) is 58.2 Å². The molecule has 0 fully saturated rings. The number of ketones is 1. The van der Waals surface area contributed by atoms with Crippen molar-refractivity contribution < 1.29 is 14.0 Å². The molecule has 5 rings (SSSR count). The summed E-state index contributed by atoms with van der Waals surface area (Å²) in [6, 6.07) is 18.1. The quantitative estimate of drug-likeness (QED) is 0.513. The number of carbonyl (C=O) groups is 2. The molecule has 2 aliphatic rings. The van der Waals surface area contributed by atoms with Crippen molar-refractivity contribution in [3.8, 4) is 0 Å². The van der Waals surface area contributed by atoms with Gasteiger partial charge in [-0.05, 0) is 59.3 Å². The summed E-state index contributed by atoms with van der Waals surface area (Å²) < 4.78 is 14.2. The smallest absolute Gasteiger partial charge is 0.254 e. The zero-order valence-electron chi connectivity index (χ0n) is 18.1. The number of benzene rings is 2. The van der Waals surface area contributed by atoms with Gasteiger partial charge in [0, 0.05) is 34.9 Å². The Morgan fingerprint density at radius 1 is 1.03 bits per heavy atom. The van der Waals surface area contributed by atoms with Crippen molar-refractivity contribution in [2.75, 3.05) is 5.32 Å². The lowest BCUT2D eigenvalue weighted by Gasteiger charge is -2.36. The molecular formula is C27H23FN2O2S. The number of Topliss-reactive ketones (excluding diaryl/α,β-unsaturated/α-hetero) is 1. The average Bonchev–Trinajstić information content (AvgIpc) is 3.35. The van der Waals surface area contributed by atoms with Crippen LogP contribution < -0.4 is 10.6 Å². The van der Waals surface area contributed by atoms with Gasteiger partial charge in [0.2, 0.25) is 0 Å². The fraction of sp³-hybridized carbons (Fsp3) is 0.185. The summed E-state index contributed by atoms with van der Waals surface area (Å²) in [6.45, 7) is 1.84. The average molecular weight is 459 g/mol. The molecule has 0 saturated heterocycles. The zero-order chi connectivity index (χ0) is 22.9. The van der Waals surface area contributed by atoms with Gasteiger partial charge >= 0.3 is 0 Å². The lowest BCUT2D eigenvalue weighted by molar-refractivity contribution is -0.116. The summed E-state index contributed by atoms with van der Waals surface area (Å²) in [5.74, 6) is -1.26. The molecule has 6 heteroatoms. The molecule has 2 N–H and O–H groups in total. The van der Waals surface area contributed by atoms with Gasteiger partial charge in [-0.25, -0.2) is 4.39 Å². The lowest BCUT2D eigenvalue weighted by Crippen LogP contribution is -2.37. The van der Waals surface area contributed by atoms with E-state index in [0.29, 0.717) is 29.7 Å². The van der Waals surface area contributed by atoms with E-state index in [2.05, 4.69) is 22.8 Å². The first-order chi connectivity index (χ1) is 16.0. The van der Waals surface area contributed by atoms with Crippen LogP contribution >= 0.6 is 11.3 Å². The molecule has 3 aromatic rings. The van der Waals surface area contributed by atoms with Crippen LogP contribution in [0.2, 0.25) is 0 Å². The standard InChI is InChI=1S/C27H23FN2O2S/c1-16-24(27(32)30-21-10-6-5-9-20(21)28)25(18-11-12-33-15-18)26-22(29-16)13-19(14-23(26)31)17-7-3-2-4-8-17/h2-12,15,19,25,29H,13-14H2,1H3,(H,30,32)/t19-,25-/m0/s1.